The summed E-state index contributed by atoms with van der Waals surface area (Å²) in [6.07, 6.45) is 2.00. The molecule has 1 aliphatic heterocycles. The topological polar surface area (TPSA) is 35.5 Å². The zero-order valence-electron chi connectivity index (χ0n) is 12.7. The van der Waals surface area contributed by atoms with E-state index in [1.165, 1.54) is 5.56 Å². The molecule has 1 aliphatic carbocycles. The summed E-state index contributed by atoms with van der Waals surface area (Å²) in [7, 11) is -0.374. The van der Waals surface area contributed by atoms with Gasteiger partial charge in [0.15, 0.2) is 0 Å². The zero-order valence-corrected chi connectivity index (χ0v) is 12.7. The minimum atomic E-state index is -0.374. The highest BCUT2D eigenvalue weighted by Gasteiger charge is 2.52. The summed E-state index contributed by atoms with van der Waals surface area (Å²) in [5.41, 5.74) is 2.70. The number of benzene rings is 1. The third-order valence-electron chi connectivity index (χ3n) is 4.86. The first-order valence-corrected chi connectivity index (χ1v) is 7.28. The predicted molar refractivity (Wildman–Crippen MR) is 79.2 cm³/mol. The van der Waals surface area contributed by atoms with Crippen LogP contribution < -0.4 is 5.46 Å². The fraction of sp³-hybridized carbons (Fsp3) is 0.562. The summed E-state index contributed by atoms with van der Waals surface area (Å²) in [5, 5.41) is 0. The van der Waals surface area contributed by atoms with E-state index in [4.69, 9.17) is 9.31 Å². The molecule has 0 aromatic heterocycles. The number of hydrogen-bond donors (Lipinski definition) is 0. The maximum atomic E-state index is 11.8. The number of carbonyl (C=O) groups is 1. The highest BCUT2D eigenvalue weighted by molar-refractivity contribution is 6.62. The van der Waals surface area contributed by atoms with Crippen molar-refractivity contribution in [2.75, 3.05) is 0 Å². The predicted octanol–water partition coefficient (Wildman–Crippen LogP) is 2.04. The summed E-state index contributed by atoms with van der Waals surface area (Å²) in [6, 6.07) is 6.17. The molecule has 106 valence electrons. The van der Waals surface area contributed by atoms with Crippen LogP contribution in [0.5, 0.6) is 0 Å². The molecule has 4 heteroatoms. The lowest BCUT2D eigenvalue weighted by atomic mass is 9.71. The summed E-state index contributed by atoms with van der Waals surface area (Å²) in [6.45, 7) is 8.20. The van der Waals surface area contributed by atoms with Gasteiger partial charge in [-0.15, -0.1) is 0 Å². The van der Waals surface area contributed by atoms with Crippen molar-refractivity contribution in [3.8, 4) is 0 Å². The third kappa shape index (κ3) is 2.11. The van der Waals surface area contributed by atoms with E-state index in [9.17, 15) is 4.79 Å². The van der Waals surface area contributed by atoms with Crippen LogP contribution in [0.15, 0.2) is 18.2 Å². The molecule has 1 saturated heterocycles. The standard InChI is InChI=1S/C16H21BO3/c1-15(2)16(3,4)20-17(19-15)14-7-5-6-11-8-9-12(18)10-13(11)14/h5-7H,8-10H2,1-4H3. The smallest absolute Gasteiger partial charge is 0.399 e. The molecule has 1 aromatic carbocycles. The molecule has 0 unspecified atom stereocenters. The second-order valence-corrected chi connectivity index (χ2v) is 6.79. The van der Waals surface area contributed by atoms with Crippen LogP contribution in [0.3, 0.4) is 0 Å². The Morgan fingerprint density at radius 1 is 1.05 bits per heavy atom. The van der Waals surface area contributed by atoms with Crippen LogP contribution in [0.25, 0.3) is 0 Å². The SMILES string of the molecule is CC1(C)OB(c2cccc3c2CC(=O)CC3)OC1(C)C. The van der Waals surface area contributed by atoms with Gasteiger partial charge in [0.2, 0.25) is 0 Å². The van der Waals surface area contributed by atoms with Crippen LogP contribution in [-0.2, 0) is 26.9 Å². The summed E-state index contributed by atoms with van der Waals surface area (Å²) < 4.78 is 12.2. The summed E-state index contributed by atoms with van der Waals surface area (Å²) in [4.78, 5) is 11.8. The van der Waals surface area contributed by atoms with E-state index in [0.717, 1.165) is 17.4 Å². The second-order valence-electron chi connectivity index (χ2n) is 6.79. The molecule has 1 fully saturated rings. The van der Waals surface area contributed by atoms with E-state index < -0.39 is 0 Å². The molecule has 0 radical (unpaired) electrons. The normalized spacial score (nSPS) is 23.8. The maximum absolute atomic E-state index is 11.8. The molecule has 0 atom stereocenters. The lowest BCUT2D eigenvalue weighted by molar-refractivity contribution is -0.118. The fourth-order valence-electron chi connectivity index (χ4n) is 2.85. The van der Waals surface area contributed by atoms with Crippen molar-refractivity contribution in [2.45, 2.75) is 58.2 Å². The fourth-order valence-corrected chi connectivity index (χ4v) is 2.85. The maximum Gasteiger partial charge on any atom is 0.495 e. The van der Waals surface area contributed by atoms with Gasteiger partial charge in [-0.3, -0.25) is 4.79 Å². The number of Topliss-reactive ketones (excluding diaryl/α,β-unsaturated/α-hetero) is 1. The largest absolute Gasteiger partial charge is 0.495 e. The quantitative estimate of drug-likeness (QED) is 0.734. The third-order valence-corrected chi connectivity index (χ3v) is 4.86. The molecular formula is C16H21BO3. The average Bonchev–Trinajstić information content (AvgIpc) is 2.57. The van der Waals surface area contributed by atoms with Gasteiger partial charge >= 0.3 is 7.12 Å². The molecule has 0 saturated carbocycles. The molecule has 0 amide bonds. The lowest BCUT2D eigenvalue weighted by Gasteiger charge is -2.32. The zero-order chi connectivity index (χ0) is 14.5. The van der Waals surface area contributed by atoms with Crippen LogP contribution in [0.2, 0.25) is 0 Å². The van der Waals surface area contributed by atoms with Gasteiger partial charge in [0.1, 0.15) is 5.78 Å². The van der Waals surface area contributed by atoms with Crippen LogP contribution in [0.1, 0.15) is 45.2 Å². The van der Waals surface area contributed by atoms with Gasteiger partial charge in [-0.05, 0) is 50.7 Å². The van der Waals surface area contributed by atoms with E-state index in [-0.39, 0.29) is 18.3 Å². The highest BCUT2D eigenvalue weighted by atomic mass is 16.7. The van der Waals surface area contributed by atoms with Gasteiger partial charge in [0.05, 0.1) is 11.2 Å². The van der Waals surface area contributed by atoms with Crippen molar-refractivity contribution < 1.29 is 14.1 Å². The van der Waals surface area contributed by atoms with Gasteiger partial charge in [-0.2, -0.15) is 0 Å². The summed E-state index contributed by atoms with van der Waals surface area (Å²) in [5.74, 6) is 0.307. The number of hydrogen-bond acceptors (Lipinski definition) is 3. The van der Waals surface area contributed by atoms with Crippen molar-refractivity contribution in [1.29, 1.82) is 0 Å². The first-order valence-electron chi connectivity index (χ1n) is 7.28. The Morgan fingerprint density at radius 3 is 2.35 bits per heavy atom. The molecule has 0 bridgehead atoms. The first-order chi connectivity index (χ1) is 9.30. The second kappa shape index (κ2) is 4.44. The Kier molecular flexibility index (Phi) is 3.07. The average molecular weight is 272 g/mol. The molecule has 3 rings (SSSR count). The number of ketones is 1. The van der Waals surface area contributed by atoms with Gasteiger partial charge in [-0.25, -0.2) is 0 Å². The summed E-state index contributed by atoms with van der Waals surface area (Å²) >= 11 is 0. The Hall–Kier alpha value is -1.13. The van der Waals surface area contributed by atoms with Crippen molar-refractivity contribution in [1.82, 2.24) is 0 Å². The molecule has 1 aromatic rings. The van der Waals surface area contributed by atoms with Gasteiger partial charge in [0.25, 0.3) is 0 Å². The molecule has 0 N–H and O–H groups in total. The molecule has 2 aliphatic rings. The molecule has 1 heterocycles. The van der Waals surface area contributed by atoms with Gasteiger partial charge in [0, 0.05) is 12.8 Å². The molecule has 3 nitrogen and oxygen atoms in total. The Balaban J connectivity index is 1.99. The van der Waals surface area contributed by atoms with E-state index in [1.54, 1.807) is 0 Å². The van der Waals surface area contributed by atoms with E-state index in [1.807, 2.05) is 39.8 Å². The van der Waals surface area contributed by atoms with Gasteiger partial charge in [-0.1, -0.05) is 18.2 Å². The van der Waals surface area contributed by atoms with Gasteiger partial charge < -0.3 is 9.31 Å². The number of fused-ring (bicyclic) bond motifs is 1. The van der Waals surface area contributed by atoms with Crippen molar-refractivity contribution in [2.24, 2.45) is 0 Å². The number of rotatable bonds is 1. The van der Waals surface area contributed by atoms with Crippen molar-refractivity contribution in [3.05, 3.63) is 29.3 Å². The molecule has 0 spiro atoms. The number of carbonyl (C=O) groups excluding carboxylic acids is 1. The Labute approximate surface area is 120 Å². The minimum Gasteiger partial charge on any atom is -0.399 e. The lowest BCUT2D eigenvalue weighted by Crippen LogP contribution is -2.41. The monoisotopic (exact) mass is 272 g/mol. The van der Waals surface area contributed by atoms with Crippen LogP contribution in [0, 0.1) is 0 Å². The first kappa shape index (κ1) is 13.8. The van der Waals surface area contributed by atoms with Crippen molar-refractivity contribution >= 4 is 18.4 Å². The Bertz CT molecular complexity index is 547. The van der Waals surface area contributed by atoms with Crippen LogP contribution in [0.4, 0.5) is 0 Å². The van der Waals surface area contributed by atoms with E-state index in [2.05, 4.69) is 6.07 Å². The van der Waals surface area contributed by atoms with Crippen LogP contribution in [-0.4, -0.2) is 24.1 Å². The van der Waals surface area contributed by atoms with E-state index in [0.29, 0.717) is 18.6 Å². The molecule has 20 heavy (non-hydrogen) atoms. The molecular weight excluding hydrogens is 251 g/mol. The Morgan fingerprint density at radius 2 is 1.70 bits per heavy atom. The number of aryl methyl sites for hydroxylation is 1. The van der Waals surface area contributed by atoms with Crippen LogP contribution >= 0.6 is 0 Å². The minimum absolute atomic E-state index is 0.307. The highest BCUT2D eigenvalue weighted by Crippen LogP contribution is 2.37. The van der Waals surface area contributed by atoms with Crippen molar-refractivity contribution in [3.63, 3.8) is 0 Å². The van der Waals surface area contributed by atoms with E-state index >= 15 is 0 Å².